The molecule has 0 heterocycles. The van der Waals surface area contributed by atoms with Gasteiger partial charge in [0.15, 0.2) is 0 Å². The molecule has 0 fully saturated rings. The zero-order chi connectivity index (χ0) is 13.9. The van der Waals surface area contributed by atoms with E-state index >= 15 is 0 Å². The number of hydrogen-bond donors (Lipinski definition) is 1. The van der Waals surface area contributed by atoms with Gasteiger partial charge in [-0.3, -0.25) is 0 Å². The van der Waals surface area contributed by atoms with Crippen molar-refractivity contribution in [3.63, 3.8) is 0 Å². The average Bonchev–Trinajstić information content (AvgIpc) is 2.42. The summed E-state index contributed by atoms with van der Waals surface area (Å²) >= 11 is 8.21. The van der Waals surface area contributed by atoms with Gasteiger partial charge in [-0.2, -0.15) is 0 Å². The van der Waals surface area contributed by atoms with Crippen molar-refractivity contribution >= 4 is 23.4 Å². The third-order valence-corrected chi connectivity index (χ3v) is 4.41. The van der Waals surface area contributed by atoms with Gasteiger partial charge in [-0.15, -0.1) is 11.8 Å². The summed E-state index contributed by atoms with van der Waals surface area (Å²) in [6.45, 7) is 4.61. The fourth-order valence-electron chi connectivity index (χ4n) is 1.77. The van der Waals surface area contributed by atoms with Crippen LogP contribution in [0, 0.1) is 0 Å². The Morgan fingerprint density at radius 2 is 2.16 bits per heavy atom. The van der Waals surface area contributed by atoms with Crippen LogP contribution in [0.2, 0.25) is 5.02 Å². The lowest BCUT2D eigenvalue weighted by atomic mass is 10.2. The van der Waals surface area contributed by atoms with Crippen molar-refractivity contribution in [2.45, 2.75) is 37.6 Å². The van der Waals surface area contributed by atoms with Crippen LogP contribution in [0.3, 0.4) is 0 Å². The Kier molecular flexibility index (Phi) is 9.35. The van der Waals surface area contributed by atoms with Gasteiger partial charge in [-0.25, -0.2) is 0 Å². The first-order chi connectivity index (χ1) is 9.29. The maximum Gasteiger partial charge on any atom is 0.0587 e. The van der Waals surface area contributed by atoms with Gasteiger partial charge in [0.1, 0.15) is 0 Å². The van der Waals surface area contributed by atoms with Crippen LogP contribution < -0.4 is 5.32 Å². The predicted molar refractivity (Wildman–Crippen MR) is 85.3 cm³/mol. The maximum atomic E-state index is 6.30. The Bertz CT molecular complexity index is 360. The number of hydrogen-bond acceptors (Lipinski definition) is 3. The van der Waals surface area contributed by atoms with Crippen LogP contribution in [0.1, 0.15) is 31.7 Å². The molecule has 0 aliphatic rings. The summed E-state index contributed by atoms with van der Waals surface area (Å²) in [5.74, 6) is 1.17. The normalized spacial score (nSPS) is 10.9. The molecule has 108 valence electrons. The van der Waals surface area contributed by atoms with Crippen LogP contribution >= 0.6 is 23.4 Å². The Labute approximate surface area is 126 Å². The molecule has 0 unspecified atom stereocenters. The van der Waals surface area contributed by atoms with Crippen molar-refractivity contribution in [2.75, 3.05) is 26.0 Å². The van der Waals surface area contributed by atoms with E-state index in [0.29, 0.717) is 0 Å². The molecule has 0 bridgehead atoms. The molecule has 0 aromatic heterocycles. The second-order valence-electron chi connectivity index (χ2n) is 4.44. The van der Waals surface area contributed by atoms with E-state index in [1.165, 1.54) is 35.5 Å². The second kappa shape index (κ2) is 10.6. The lowest BCUT2D eigenvalue weighted by molar-refractivity contribution is 0.199. The summed E-state index contributed by atoms with van der Waals surface area (Å²) < 4.78 is 5.03. The van der Waals surface area contributed by atoms with Crippen LogP contribution in [0.25, 0.3) is 0 Å². The molecule has 1 rings (SSSR count). The van der Waals surface area contributed by atoms with E-state index in [9.17, 15) is 0 Å². The summed E-state index contributed by atoms with van der Waals surface area (Å²) in [4.78, 5) is 1.30. The van der Waals surface area contributed by atoms with E-state index in [1.807, 2.05) is 23.9 Å². The Morgan fingerprint density at radius 1 is 1.32 bits per heavy atom. The molecule has 1 aromatic carbocycles. The molecule has 0 atom stereocenters. The second-order valence-corrected chi connectivity index (χ2v) is 5.99. The first-order valence-electron chi connectivity index (χ1n) is 6.89. The van der Waals surface area contributed by atoms with Crippen molar-refractivity contribution in [3.8, 4) is 0 Å². The van der Waals surface area contributed by atoms with Gasteiger partial charge in [0.2, 0.25) is 0 Å². The molecule has 1 N–H and O–H groups in total. The van der Waals surface area contributed by atoms with Gasteiger partial charge >= 0.3 is 0 Å². The van der Waals surface area contributed by atoms with E-state index < -0.39 is 0 Å². The van der Waals surface area contributed by atoms with Crippen LogP contribution in [0.15, 0.2) is 23.1 Å². The van der Waals surface area contributed by atoms with E-state index in [2.05, 4.69) is 18.3 Å². The van der Waals surface area contributed by atoms with Gasteiger partial charge in [0, 0.05) is 30.1 Å². The maximum absolute atomic E-state index is 6.30. The molecular formula is C15H24ClNOS. The van der Waals surface area contributed by atoms with Gasteiger partial charge in [0.05, 0.1) is 6.61 Å². The summed E-state index contributed by atoms with van der Waals surface area (Å²) in [6, 6.07) is 6.16. The molecule has 0 amide bonds. The third-order valence-electron chi connectivity index (χ3n) is 2.87. The summed E-state index contributed by atoms with van der Waals surface area (Å²) in [5, 5.41) is 4.21. The number of benzene rings is 1. The third kappa shape index (κ3) is 6.66. The minimum Gasteiger partial charge on any atom is -0.383 e. The number of rotatable bonds is 10. The van der Waals surface area contributed by atoms with Crippen molar-refractivity contribution in [3.05, 3.63) is 28.8 Å². The van der Waals surface area contributed by atoms with Crippen molar-refractivity contribution in [1.82, 2.24) is 5.32 Å². The summed E-state index contributed by atoms with van der Waals surface area (Å²) in [7, 11) is 1.71. The van der Waals surface area contributed by atoms with E-state index in [-0.39, 0.29) is 0 Å². The van der Waals surface area contributed by atoms with Crippen LogP contribution in [-0.2, 0) is 11.3 Å². The minimum absolute atomic E-state index is 0.726. The highest BCUT2D eigenvalue weighted by Gasteiger charge is 2.07. The first kappa shape index (κ1) is 16.8. The van der Waals surface area contributed by atoms with Gasteiger partial charge < -0.3 is 10.1 Å². The summed E-state index contributed by atoms with van der Waals surface area (Å²) in [5.41, 5.74) is 1.21. The van der Waals surface area contributed by atoms with E-state index in [0.717, 1.165) is 24.7 Å². The van der Waals surface area contributed by atoms with E-state index in [4.69, 9.17) is 16.3 Å². The smallest absolute Gasteiger partial charge is 0.0587 e. The Balaban J connectivity index is 2.51. The largest absolute Gasteiger partial charge is 0.383 e. The molecular weight excluding hydrogens is 278 g/mol. The number of unbranched alkanes of at least 4 members (excludes halogenated alkanes) is 2. The number of thioether (sulfide) groups is 1. The molecule has 19 heavy (non-hydrogen) atoms. The lowest BCUT2D eigenvalue weighted by Gasteiger charge is -2.12. The highest BCUT2D eigenvalue weighted by Crippen LogP contribution is 2.29. The SMILES string of the molecule is CCCCCSc1cccc(Cl)c1CNCCOC. The zero-order valence-corrected chi connectivity index (χ0v) is 13.4. The molecule has 0 saturated carbocycles. The van der Waals surface area contributed by atoms with Crippen molar-refractivity contribution in [1.29, 1.82) is 0 Å². The fourth-order valence-corrected chi connectivity index (χ4v) is 3.16. The van der Waals surface area contributed by atoms with Crippen molar-refractivity contribution in [2.24, 2.45) is 0 Å². The first-order valence-corrected chi connectivity index (χ1v) is 8.25. The van der Waals surface area contributed by atoms with Crippen LogP contribution in [-0.4, -0.2) is 26.0 Å². The van der Waals surface area contributed by atoms with Gasteiger partial charge in [0.25, 0.3) is 0 Å². The highest BCUT2D eigenvalue weighted by atomic mass is 35.5. The average molecular weight is 302 g/mol. The molecule has 0 aliphatic heterocycles. The van der Waals surface area contributed by atoms with E-state index in [1.54, 1.807) is 7.11 Å². The number of methoxy groups -OCH3 is 1. The molecule has 0 aliphatic carbocycles. The Morgan fingerprint density at radius 3 is 2.89 bits per heavy atom. The summed E-state index contributed by atoms with van der Waals surface area (Å²) in [6.07, 6.45) is 3.83. The molecule has 1 aromatic rings. The zero-order valence-electron chi connectivity index (χ0n) is 11.9. The molecule has 0 spiro atoms. The number of halogens is 1. The topological polar surface area (TPSA) is 21.3 Å². The lowest BCUT2D eigenvalue weighted by Crippen LogP contribution is -2.19. The van der Waals surface area contributed by atoms with Crippen molar-refractivity contribution < 1.29 is 4.74 Å². The molecule has 2 nitrogen and oxygen atoms in total. The monoisotopic (exact) mass is 301 g/mol. The number of nitrogens with one attached hydrogen (secondary N) is 1. The quantitative estimate of drug-likeness (QED) is 0.512. The number of ether oxygens (including phenoxy) is 1. The van der Waals surface area contributed by atoms with Crippen LogP contribution in [0.4, 0.5) is 0 Å². The standard InChI is InChI=1S/C15H24ClNOS/c1-3-4-5-11-19-15-8-6-7-14(16)13(15)12-17-9-10-18-2/h6-8,17H,3-5,9-12H2,1-2H3. The molecule has 0 radical (unpaired) electrons. The minimum atomic E-state index is 0.726. The van der Waals surface area contributed by atoms with Gasteiger partial charge in [-0.05, 0) is 29.9 Å². The Hall–Kier alpha value is -0.220. The predicted octanol–water partition coefficient (Wildman–Crippen LogP) is 4.36. The molecule has 4 heteroatoms. The van der Waals surface area contributed by atoms with Crippen LogP contribution in [0.5, 0.6) is 0 Å². The molecule has 0 saturated heterocycles. The fraction of sp³-hybridized carbons (Fsp3) is 0.600. The highest BCUT2D eigenvalue weighted by molar-refractivity contribution is 7.99. The van der Waals surface area contributed by atoms with Gasteiger partial charge in [-0.1, -0.05) is 37.4 Å².